The number of aromatic nitrogens is 1. The Morgan fingerprint density at radius 2 is 2.22 bits per heavy atom. The zero-order valence-corrected chi connectivity index (χ0v) is 17.6. The van der Waals surface area contributed by atoms with Crippen LogP contribution in [0.4, 0.5) is 13.2 Å². The lowest BCUT2D eigenvalue weighted by Gasteiger charge is -2.22. The molecule has 0 aromatic carbocycles. The van der Waals surface area contributed by atoms with Crippen LogP contribution in [-0.4, -0.2) is 49.4 Å². The van der Waals surface area contributed by atoms with E-state index in [9.17, 15) is 13.2 Å². The van der Waals surface area contributed by atoms with E-state index in [0.29, 0.717) is 24.8 Å². The molecule has 27 heavy (non-hydrogen) atoms. The number of aliphatic imine (C=N–C) groups is 1. The van der Waals surface area contributed by atoms with Gasteiger partial charge < -0.3 is 20.1 Å². The lowest BCUT2D eigenvalue weighted by Crippen LogP contribution is -2.48. The van der Waals surface area contributed by atoms with Crippen molar-refractivity contribution in [3.05, 3.63) is 22.8 Å². The number of pyridine rings is 1. The predicted octanol–water partition coefficient (Wildman–Crippen LogP) is 3.24. The van der Waals surface area contributed by atoms with Crippen molar-refractivity contribution < 1.29 is 22.6 Å². The van der Waals surface area contributed by atoms with E-state index in [1.807, 2.05) is 0 Å². The molecule has 0 radical (unpaired) electrons. The second-order valence-corrected chi connectivity index (χ2v) is 6.62. The second kappa shape index (κ2) is 9.46. The number of hydrogen-bond acceptors (Lipinski definition) is 4. The van der Waals surface area contributed by atoms with Gasteiger partial charge in [-0.05, 0) is 25.3 Å². The molecule has 0 spiro atoms. The highest BCUT2D eigenvalue weighted by molar-refractivity contribution is 14.0. The fraction of sp³-hybridized carbons (Fsp3) is 0.625. The van der Waals surface area contributed by atoms with Crippen LogP contribution in [-0.2, 0) is 10.9 Å². The van der Waals surface area contributed by atoms with Gasteiger partial charge in [-0.15, -0.1) is 24.0 Å². The third-order valence-corrected chi connectivity index (χ3v) is 4.69. The molecule has 2 fully saturated rings. The number of halogens is 5. The summed E-state index contributed by atoms with van der Waals surface area (Å²) in [5, 5.41) is 6.23. The molecule has 1 aromatic heterocycles. The molecule has 0 aliphatic carbocycles. The first kappa shape index (κ1) is 22.3. The second-order valence-electron chi connectivity index (χ2n) is 6.22. The topological polar surface area (TPSA) is 67.8 Å². The summed E-state index contributed by atoms with van der Waals surface area (Å²) in [6, 6.07) is 1.04. The van der Waals surface area contributed by atoms with Gasteiger partial charge in [-0.3, -0.25) is 4.99 Å². The molecule has 3 unspecified atom stereocenters. The minimum absolute atomic E-state index is 0. The average Bonchev–Trinajstić information content (AvgIpc) is 3.20. The van der Waals surface area contributed by atoms with Crippen LogP contribution in [0.1, 0.15) is 24.8 Å². The monoisotopic (exact) mass is 520 g/mol. The molecule has 11 heteroatoms. The van der Waals surface area contributed by atoms with Gasteiger partial charge >= 0.3 is 6.18 Å². The van der Waals surface area contributed by atoms with E-state index in [1.165, 1.54) is 0 Å². The van der Waals surface area contributed by atoms with Crippen LogP contribution < -0.4 is 15.4 Å². The molecule has 2 N–H and O–H groups in total. The Kier molecular flexibility index (Phi) is 7.81. The zero-order chi connectivity index (χ0) is 18.7. The first-order valence-corrected chi connectivity index (χ1v) is 8.73. The van der Waals surface area contributed by atoms with Gasteiger partial charge in [0, 0.05) is 13.2 Å². The van der Waals surface area contributed by atoms with E-state index in [4.69, 9.17) is 21.1 Å². The third-order valence-electron chi connectivity index (χ3n) is 4.42. The van der Waals surface area contributed by atoms with Gasteiger partial charge in [0.25, 0.3) is 0 Å². The number of fused-ring (bicyclic) bond motifs is 2. The van der Waals surface area contributed by atoms with Crippen molar-refractivity contribution in [1.29, 1.82) is 0 Å². The van der Waals surface area contributed by atoms with E-state index in [0.717, 1.165) is 25.3 Å². The van der Waals surface area contributed by atoms with Crippen LogP contribution in [0.5, 0.6) is 5.88 Å². The lowest BCUT2D eigenvalue weighted by atomic mass is 9.96. The van der Waals surface area contributed by atoms with Crippen molar-refractivity contribution in [2.45, 2.75) is 43.7 Å². The minimum Gasteiger partial charge on any atom is -0.475 e. The van der Waals surface area contributed by atoms with Crippen molar-refractivity contribution in [2.75, 3.05) is 20.2 Å². The maximum absolute atomic E-state index is 12.6. The molecule has 6 nitrogen and oxygen atoms in total. The Morgan fingerprint density at radius 1 is 1.44 bits per heavy atom. The molecule has 2 aliphatic rings. The average molecular weight is 521 g/mol. The van der Waals surface area contributed by atoms with Crippen molar-refractivity contribution in [1.82, 2.24) is 15.6 Å². The largest absolute Gasteiger partial charge is 0.475 e. The molecule has 2 bridgehead atoms. The summed E-state index contributed by atoms with van der Waals surface area (Å²) in [5.41, 5.74) is -0.911. The molecule has 3 rings (SSSR count). The van der Waals surface area contributed by atoms with Crippen LogP contribution in [0, 0.1) is 0 Å². The maximum Gasteiger partial charge on any atom is 0.417 e. The Labute approximate surface area is 177 Å². The normalized spacial score (nSPS) is 24.5. The summed E-state index contributed by atoms with van der Waals surface area (Å²) in [6.45, 7) is 0.562. The Balaban J connectivity index is 0.00000261. The Morgan fingerprint density at radius 3 is 2.78 bits per heavy atom. The number of alkyl halides is 3. The quantitative estimate of drug-likeness (QED) is 0.270. The molecular formula is C16H21ClF3IN4O2. The molecule has 2 saturated heterocycles. The SMILES string of the molecule is CN=C(NCCOc1ncc(C(F)(F)F)cc1Cl)NC1CC2CCC1O2.I. The van der Waals surface area contributed by atoms with Crippen LogP contribution in [0.2, 0.25) is 5.02 Å². The fourth-order valence-corrected chi connectivity index (χ4v) is 3.38. The van der Waals surface area contributed by atoms with Gasteiger partial charge in [0.05, 0.1) is 30.4 Å². The number of rotatable bonds is 5. The third kappa shape index (κ3) is 5.74. The summed E-state index contributed by atoms with van der Waals surface area (Å²) < 4.78 is 48.9. The highest BCUT2D eigenvalue weighted by Gasteiger charge is 2.41. The van der Waals surface area contributed by atoms with Crippen molar-refractivity contribution in [3.8, 4) is 5.88 Å². The van der Waals surface area contributed by atoms with E-state index in [2.05, 4.69) is 20.6 Å². The van der Waals surface area contributed by atoms with Crippen molar-refractivity contribution in [3.63, 3.8) is 0 Å². The molecule has 2 aliphatic heterocycles. The lowest BCUT2D eigenvalue weighted by molar-refractivity contribution is -0.137. The van der Waals surface area contributed by atoms with Crippen LogP contribution in [0.3, 0.4) is 0 Å². The first-order valence-electron chi connectivity index (χ1n) is 8.35. The number of hydrogen-bond donors (Lipinski definition) is 2. The van der Waals surface area contributed by atoms with E-state index < -0.39 is 11.7 Å². The smallest absolute Gasteiger partial charge is 0.417 e. The van der Waals surface area contributed by atoms with Crippen LogP contribution in [0.15, 0.2) is 17.3 Å². The van der Waals surface area contributed by atoms with E-state index in [-0.39, 0.29) is 53.6 Å². The van der Waals surface area contributed by atoms with Crippen LogP contribution >= 0.6 is 35.6 Å². The van der Waals surface area contributed by atoms with Gasteiger partial charge in [-0.25, -0.2) is 4.98 Å². The molecule has 152 valence electrons. The molecule has 3 heterocycles. The highest BCUT2D eigenvalue weighted by Crippen LogP contribution is 2.34. The predicted molar refractivity (Wildman–Crippen MR) is 106 cm³/mol. The standard InChI is InChI=1S/C16H20ClF3N4O2.HI/c1-21-15(24-12-7-10-2-3-13(12)26-10)22-4-5-25-14-11(17)6-9(8-23-14)16(18,19)20;/h6,8,10,12-13H,2-5,7H2,1H3,(H2,21,22,24);1H. The van der Waals surface area contributed by atoms with Gasteiger partial charge in [-0.1, -0.05) is 11.6 Å². The Hall–Kier alpha value is -1.01. The van der Waals surface area contributed by atoms with E-state index in [1.54, 1.807) is 7.05 Å². The molecule has 0 saturated carbocycles. The summed E-state index contributed by atoms with van der Waals surface area (Å²) in [7, 11) is 1.67. The van der Waals surface area contributed by atoms with Gasteiger partial charge in [-0.2, -0.15) is 13.2 Å². The van der Waals surface area contributed by atoms with Gasteiger partial charge in [0.15, 0.2) is 5.96 Å². The molecule has 1 aromatic rings. The zero-order valence-electron chi connectivity index (χ0n) is 14.6. The number of nitrogens with zero attached hydrogens (tertiary/aromatic N) is 2. The highest BCUT2D eigenvalue weighted by atomic mass is 127. The number of guanidine groups is 1. The van der Waals surface area contributed by atoms with Crippen LogP contribution in [0.25, 0.3) is 0 Å². The van der Waals surface area contributed by atoms with Crippen molar-refractivity contribution >= 4 is 41.5 Å². The number of ether oxygens (including phenoxy) is 2. The first-order chi connectivity index (χ1) is 12.4. The van der Waals surface area contributed by atoms with Crippen molar-refractivity contribution in [2.24, 2.45) is 4.99 Å². The summed E-state index contributed by atoms with van der Waals surface area (Å²) in [4.78, 5) is 7.78. The maximum atomic E-state index is 12.6. The van der Waals surface area contributed by atoms with E-state index >= 15 is 0 Å². The molecule has 3 atom stereocenters. The summed E-state index contributed by atoms with van der Waals surface area (Å²) in [6.07, 6.45) is -0.0867. The molecular weight excluding hydrogens is 500 g/mol. The fourth-order valence-electron chi connectivity index (χ4n) is 3.16. The summed E-state index contributed by atoms with van der Waals surface area (Å²) in [5.74, 6) is 0.590. The Bertz CT molecular complexity index is 678. The van der Waals surface area contributed by atoms with Gasteiger partial charge in [0.1, 0.15) is 11.6 Å². The minimum atomic E-state index is -4.49. The van der Waals surface area contributed by atoms with Gasteiger partial charge in [0.2, 0.25) is 5.88 Å². The number of nitrogens with one attached hydrogen (secondary N) is 2. The summed E-state index contributed by atoms with van der Waals surface area (Å²) >= 11 is 5.80. The molecule has 0 amide bonds.